The van der Waals surface area contributed by atoms with Gasteiger partial charge in [0.15, 0.2) is 0 Å². The lowest BCUT2D eigenvalue weighted by molar-refractivity contribution is -0.136. The third-order valence-corrected chi connectivity index (χ3v) is 3.46. The number of rotatable bonds is 2. The van der Waals surface area contributed by atoms with Crippen LogP contribution >= 0.6 is 0 Å². The summed E-state index contributed by atoms with van der Waals surface area (Å²) < 4.78 is 0. The van der Waals surface area contributed by atoms with E-state index in [1.165, 1.54) is 7.05 Å². The molecule has 2 N–H and O–H groups in total. The van der Waals surface area contributed by atoms with E-state index in [2.05, 4.69) is 10.3 Å². The molecule has 0 radical (unpaired) electrons. The highest BCUT2D eigenvalue weighted by Crippen LogP contribution is 2.17. The van der Waals surface area contributed by atoms with Gasteiger partial charge in [0.25, 0.3) is 11.5 Å². The molecule has 6 heteroatoms. The van der Waals surface area contributed by atoms with Gasteiger partial charge in [-0.05, 0) is 17.5 Å². The van der Waals surface area contributed by atoms with Crippen molar-refractivity contribution in [1.29, 1.82) is 0 Å². The van der Waals surface area contributed by atoms with Crippen molar-refractivity contribution in [3.05, 3.63) is 40.7 Å². The van der Waals surface area contributed by atoms with Gasteiger partial charge in [-0.2, -0.15) is 0 Å². The maximum absolute atomic E-state index is 11.9. The van der Waals surface area contributed by atoms with E-state index in [0.717, 1.165) is 10.3 Å². The zero-order chi connectivity index (χ0) is 14.3. The number of amides is 2. The van der Waals surface area contributed by atoms with Crippen LogP contribution in [0.4, 0.5) is 5.82 Å². The smallest absolute Gasteiger partial charge is 0.257 e. The second-order valence-corrected chi connectivity index (χ2v) is 4.79. The van der Waals surface area contributed by atoms with E-state index in [1.54, 1.807) is 18.2 Å². The summed E-state index contributed by atoms with van der Waals surface area (Å²) in [6.07, 6.45) is 0.101. The Morgan fingerprint density at radius 1 is 1.25 bits per heavy atom. The van der Waals surface area contributed by atoms with Crippen LogP contribution in [0, 0.1) is 0 Å². The van der Waals surface area contributed by atoms with Crippen molar-refractivity contribution < 1.29 is 9.59 Å². The number of nitrogens with zero attached hydrogens (tertiary/aromatic N) is 1. The largest absolute Gasteiger partial charge is 0.359 e. The molecule has 1 aliphatic rings. The van der Waals surface area contributed by atoms with Crippen LogP contribution in [-0.2, 0) is 9.59 Å². The second kappa shape index (κ2) is 4.48. The number of carbonyl (C=O) groups is 2. The molecule has 2 aromatic rings. The molecule has 0 spiro atoms. The van der Waals surface area contributed by atoms with Gasteiger partial charge < -0.3 is 10.3 Å². The molecule has 3 rings (SSSR count). The maximum atomic E-state index is 11.9. The molecule has 1 aromatic carbocycles. The number of hydrogen-bond donors (Lipinski definition) is 2. The maximum Gasteiger partial charge on any atom is 0.257 e. The van der Waals surface area contributed by atoms with E-state index < -0.39 is 6.04 Å². The number of aromatic amines is 1. The van der Waals surface area contributed by atoms with E-state index in [9.17, 15) is 14.4 Å². The van der Waals surface area contributed by atoms with Crippen molar-refractivity contribution in [2.75, 3.05) is 12.4 Å². The number of anilines is 1. The van der Waals surface area contributed by atoms with E-state index in [4.69, 9.17) is 0 Å². The molecule has 2 heterocycles. The highest BCUT2D eigenvalue weighted by molar-refractivity contribution is 6.06. The quantitative estimate of drug-likeness (QED) is 0.788. The fourth-order valence-corrected chi connectivity index (χ4v) is 2.34. The summed E-state index contributed by atoms with van der Waals surface area (Å²) in [4.78, 5) is 39.0. The molecule has 1 fully saturated rings. The van der Waals surface area contributed by atoms with Crippen LogP contribution in [0.3, 0.4) is 0 Å². The number of benzene rings is 1. The lowest BCUT2D eigenvalue weighted by atomic mass is 10.1. The molecule has 0 saturated carbocycles. The number of hydrogen-bond acceptors (Lipinski definition) is 4. The molecule has 1 atom stereocenters. The third kappa shape index (κ3) is 1.95. The number of H-pyrrole nitrogens is 1. The second-order valence-electron chi connectivity index (χ2n) is 4.79. The van der Waals surface area contributed by atoms with Gasteiger partial charge in [0.2, 0.25) is 5.91 Å². The fourth-order valence-electron chi connectivity index (χ4n) is 2.34. The van der Waals surface area contributed by atoms with Crippen LogP contribution in [0.1, 0.15) is 6.42 Å². The zero-order valence-corrected chi connectivity index (χ0v) is 10.8. The van der Waals surface area contributed by atoms with Gasteiger partial charge >= 0.3 is 0 Å². The molecule has 0 aliphatic carbocycles. The molecule has 20 heavy (non-hydrogen) atoms. The zero-order valence-electron chi connectivity index (χ0n) is 10.8. The fraction of sp³-hybridized carbons (Fsp3) is 0.214. The van der Waals surface area contributed by atoms with Crippen LogP contribution in [0.5, 0.6) is 0 Å². The normalized spacial score (nSPS) is 18.9. The number of likely N-dealkylation sites (N-methyl/N-ethyl adjacent to an activating group) is 1. The first kappa shape index (κ1) is 12.4. The third-order valence-electron chi connectivity index (χ3n) is 3.46. The van der Waals surface area contributed by atoms with Crippen molar-refractivity contribution in [2.24, 2.45) is 0 Å². The number of carbonyl (C=O) groups excluding carboxylic acids is 2. The predicted molar refractivity (Wildman–Crippen MR) is 74.4 cm³/mol. The molecular weight excluding hydrogens is 258 g/mol. The van der Waals surface area contributed by atoms with Gasteiger partial charge in [-0.25, -0.2) is 0 Å². The first-order chi connectivity index (χ1) is 9.56. The minimum Gasteiger partial charge on any atom is -0.359 e. The Hall–Kier alpha value is -2.63. The Labute approximate surface area is 114 Å². The Balaban J connectivity index is 1.94. The Bertz CT molecular complexity index is 766. The summed E-state index contributed by atoms with van der Waals surface area (Å²) in [5, 5.41) is 4.29. The Kier molecular flexibility index (Phi) is 2.78. The monoisotopic (exact) mass is 271 g/mol. The van der Waals surface area contributed by atoms with Crippen molar-refractivity contribution in [2.45, 2.75) is 12.5 Å². The predicted octanol–water partition coefficient (Wildman–Crippen LogP) is 0.697. The van der Waals surface area contributed by atoms with Gasteiger partial charge in [-0.1, -0.05) is 18.2 Å². The SMILES string of the molecule is CN1C(=O)CC(Nc2cc3ccccc3c(=O)[nH]2)C1=O. The van der Waals surface area contributed by atoms with Crippen molar-refractivity contribution in [3.63, 3.8) is 0 Å². The van der Waals surface area contributed by atoms with E-state index in [-0.39, 0.29) is 23.8 Å². The summed E-state index contributed by atoms with van der Waals surface area (Å²) in [5.41, 5.74) is -0.226. The number of pyridine rings is 1. The molecule has 1 aromatic heterocycles. The summed E-state index contributed by atoms with van der Waals surface area (Å²) >= 11 is 0. The van der Waals surface area contributed by atoms with Crippen molar-refractivity contribution >= 4 is 28.4 Å². The van der Waals surface area contributed by atoms with Gasteiger partial charge in [-0.3, -0.25) is 19.3 Å². The van der Waals surface area contributed by atoms with Crippen molar-refractivity contribution in [1.82, 2.24) is 9.88 Å². The molecule has 1 aliphatic heterocycles. The number of imide groups is 1. The average molecular weight is 271 g/mol. The number of fused-ring (bicyclic) bond motifs is 1. The molecule has 6 nitrogen and oxygen atoms in total. The lowest BCUT2D eigenvalue weighted by Gasteiger charge is -2.12. The minimum atomic E-state index is -0.621. The van der Waals surface area contributed by atoms with Gasteiger partial charge in [-0.15, -0.1) is 0 Å². The van der Waals surface area contributed by atoms with E-state index in [0.29, 0.717) is 11.2 Å². The van der Waals surface area contributed by atoms with E-state index in [1.807, 2.05) is 12.1 Å². The lowest BCUT2D eigenvalue weighted by Crippen LogP contribution is -2.32. The molecular formula is C14H13N3O3. The standard InChI is InChI=1S/C14H13N3O3/c1-17-12(18)7-10(14(17)20)15-11-6-8-4-2-3-5-9(8)13(19)16-11/h2-6,10H,7H2,1H3,(H2,15,16,19). The summed E-state index contributed by atoms with van der Waals surface area (Å²) in [7, 11) is 1.45. The van der Waals surface area contributed by atoms with E-state index >= 15 is 0 Å². The molecule has 1 saturated heterocycles. The van der Waals surface area contributed by atoms with Crippen LogP contribution in [0.15, 0.2) is 35.1 Å². The van der Waals surface area contributed by atoms with Gasteiger partial charge in [0.1, 0.15) is 11.9 Å². The molecule has 1 unspecified atom stereocenters. The summed E-state index contributed by atoms with van der Waals surface area (Å²) in [6, 6.07) is 8.32. The van der Waals surface area contributed by atoms with Gasteiger partial charge in [0, 0.05) is 12.4 Å². The molecule has 0 bridgehead atoms. The average Bonchev–Trinajstić information content (AvgIpc) is 2.66. The summed E-state index contributed by atoms with van der Waals surface area (Å²) in [5.74, 6) is -0.0743. The number of aromatic nitrogens is 1. The van der Waals surface area contributed by atoms with Crippen LogP contribution in [0.2, 0.25) is 0 Å². The molecule has 102 valence electrons. The van der Waals surface area contributed by atoms with Crippen LogP contribution < -0.4 is 10.9 Å². The number of nitrogens with one attached hydrogen (secondary N) is 2. The first-order valence-electron chi connectivity index (χ1n) is 6.25. The van der Waals surface area contributed by atoms with Crippen LogP contribution in [0.25, 0.3) is 10.8 Å². The molecule has 2 amide bonds. The van der Waals surface area contributed by atoms with Crippen molar-refractivity contribution in [3.8, 4) is 0 Å². The topological polar surface area (TPSA) is 82.3 Å². The Morgan fingerprint density at radius 3 is 2.70 bits per heavy atom. The highest BCUT2D eigenvalue weighted by Gasteiger charge is 2.36. The van der Waals surface area contributed by atoms with Crippen LogP contribution in [-0.4, -0.2) is 34.8 Å². The van der Waals surface area contributed by atoms with Gasteiger partial charge in [0.05, 0.1) is 6.42 Å². The minimum absolute atomic E-state index is 0.101. The highest BCUT2D eigenvalue weighted by atomic mass is 16.2. The Morgan fingerprint density at radius 2 is 2.00 bits per heavy atom. The summed E-state index contributed by atoms with van der Waals surface area (Å²) in [6.45, 7) is 0. The number of likely N-dealkylation sites (tertiary alicyclic amines) is 1. The first-order valence-corrected chi connectivity index (χ1v) is 6.25.